The number of carbonyl (C=O) groups is 1. The summed E-state index contributed by atoms with van der Waals surface area (Å²) < 4.78 is 12.8. The van der Waals surface area contributed by atoms with Crippen LogP contribution in [0.4, 0.5) is 0 Å². The summed E-state index contributed by atoms with van der Waals surface area (Å²) in [5, 5.41) is 12.4. The van der Waals surface area contributed by atoms with E-state index in [9.17, 15) is 4.79 Å². The highest BCUT2D eigenvalue weighted by atomic mass is 32.2. The number of nitrogens with zero attached hydrogens (tertiary/aromatic N) is 3. The molecule has 4 rings (SSSR count). The lowest BCUT2D eigenvalue weighted by Crippen LogP contribution is -2.29. The first-order valence-electron chi connectivity index (χ1n) is 10.8. The smallest absolute Gasteiger partial charge is 0.258 e. The predicted molar refractivity (Wildman–Crippen MR) is 132 cm³/mol. The molecule has 0 unspecified atom stereocenters. The van der Waals surface area contributed by atoms with Crippen molar-refractivity contribution < 1.29 is 14.3 Å². The summed E-state index contributed by atoms with van der Waals surface area (Å²) in [6, 6.07) is 25.3. The molecule has 0 radical (unpaired) electrons. The summed E-state index contributed by atoms with van der Waals surface area (Å²) >= 11 is 1.58. The van der Waals surface area contributed by atoms with E-state index < -0.39 is 0 Å². The lowest BCUT2D eigenvalue weighted by molar-refractivity contribution is -0.123. The summed E-state index contributed by atoms with van der Waals surface area (Å²) in [4.78, 5) is 12.3. The molecule has 3 aromatic carbocycles. The van der Waals surface area contributed by atoms with Crippen molar-refractivity contribution in [2.75, 3.05) is 13.7 Å². The van der Waals surface area contributed by atoms with Gasteiger partial charge in [0.1, 0.15) is 11.5 Å². The van der Waals surface area contributed by atoms with Gasteiger partial charge >= 0.3 is 0 Å². The van der Waals surface area contributed by atoms with Crippen LogP contribution in [-0.4, -0.2) is 34.4 Å². The molecule has 0 fully saturated rings. The Morgan fingerprint density at radius 1 is 0.971 bits per heavy atom. The Balaban J connectivity index is 1.47. The average molecular weight is 475 g/mol. The molecule has 7 nitrogen and oxygen atoms in total. The molecule has 0 atom stereocenters. The first-order chi connectivity index (χ1) is 16.6. The number of amides is 1. The number of ether oxygens (including phenoxy) is 2. The third kappa shape index (κ3) is 6.17. The maximum Gasteiger partial charge on any atom is 0.258 e. The molecule has 1 N–H and O–H groups in total. The summed E-state index contributed by atoms with van der Waals surface area (Å²) in [7, 11) is 1.66. The van der Waals surface area contributed by atoms with Crippen LogP contribution in [0.2, 0.25) is 0 Å². The number of aromatic nitrogens is 3. The van der Waals surface area contributed by atoms with Crippen LogP contribution in [0.3, 0.4) is 0 Å². The Bertz CT molecular complexity index is 1230. The number of aryl methyl sites for hydroxylation is 1. The molecule has 0 spiro atoms. The van der Waals surface area contributed by atoms with E-state index in [-0.39, 0.29) is 19.1 Å². The fraction of sp³-hybridized carbons (Fsp3) is 0.192. The Labute approximate surface area is 203 Å². The number of hydrogen-bond donors (Lipinski definition) is 1. The van der Waals surface area contributed by atoms with E-state index in [0.29, 0.717) is 17.3 Å². The third-order valence-electron chi connectivity index (χ3n) is 5.05. The molecule has 1 heterocycles. The molecule has 0 saturated heterocycles. The number of benzene rings is 3. The molecule has 4 aromatic rings. The lowest BCUT2D eigenvalue weighted by atomic mass is 10.2. The number of carbonyl (C=O) groups excluding carboxylic acids is 1. The van der Waals surface area contributed by atoms with Gasteiger partial charge in [-0.1, -0.05) is 59.8 Å². The van der Waals surface area contributed by atoms with E-state index in [1.54, 1.807) is 18.9 Å². The van der Waals surface area contributed by atoms with Crippen molar-refractivity contribution in [2.45, 2.75) is 24.4 Å². The molecule has 0 aliphatic heterocycles. The van der Waals surface area contributed by atoms with Crippen molar-refractivity contribution in [1.29, 1.82) is 0 Å². The maximum atomic E-state index is 12.3. The second kappa shape index (κ2) is 11.4. The summed E-state index contributed by atoms with van der Waals surface area (Å²) in [5.41, 5.74) is 3.22. The third-order valence-corrected chi connectivity index (χ3v) is 6.05. The van der Waals surface area contributed by atoms with E-state index in [2.05, 4.69) is 21.6 Å². The van der Waals surface area contributed by atoms with E-state index in [1.165, 1.54) is 0 Å². The topological polar surface area (TPSA) is 78.3 Å². The minimum absolute atomic E-state index is 0.0693. The Morgan fingerprint density at radius 2 is 1.74 bits per heavy atom. The molecule has 0 aliphatic rings. The van der Waals surface area contributed by atoms with Crippen molar-refractivity contribution in [3.8, 4) is 17.2 Å². The Kier molecular flexibility index (Phi) is 7.83. The van der Waals surface area contributed by atoms with Gasteiger partial charge in [0.05, 0.1) is 13.7 Å². The van der Waals surface area contributed by atoms with Gasteiger partial charge in [0.15, 0.2) is 17.6 Å². The molecular formula is C26H26N4O3S. The van der Waals surface area contributed by atoms with Crippen molar-refractivity contribution in [2.24, 2.45) is 0 Å². The molecule has 1 aromatic heterocycles. The van der Waals surface area contributed by atoms with Gasteiger partial charge in [0, 0.05) is 11.4 Å². The highest BCUT2D eigenvalue weighted by molar-refractivity contribution is 7.98. The van der Waals surface area contributed by atoms with E-state index >= 15 is 0 Å². The molecule has 34 heavy (non-hydrogen) atoms. The van der Waals surface area contributed by atoms with Crippen molar-refractivity contribution in [3.63, 3.8) is 0 Å². The van der Waals surface area contributed by atoms with Crippen LogP contribution in [0.5, 0.6) is 11.5 Å². The van der Waals surface area contributed by atoms with Gasteiger partial charge in [-0.2, -0.15) is 0 Å². The van der Waals surface area contributed by atoms with Crippen LogP contribution in [0.25, 0.3) is 5.69 Å². The average Bonchev–Trinajstić information content (AvgIpc) is 3.29. The van der Waals surface area contributed by atoms with Crippen molar-refractivity contribution >= 4 is 17.7 Å². The van der Waals surface area contributed by atoms with Gasteiger partial charge in [-0.25, -0.2) is 0 Å². The number of para-hydroxylation sites is 1. The lowest BCUT2D eigenvalue weighted by Gasteiger charge is -2.12. The highest BCUT2D eigenvalue weighted by Gasteiger charge is 2.16. The van der Waals surface area contributed by atoms with Crippen LogP contribution >= 0.6 is 11.8 Å². The molecule has 1 amide bonds. The molecule has 8 heteroatoms. The second-order valence-corrected chi connectivity index (χ2v) is 8.53. The van der Waals surface area contributed by atoms with Gasteiger partial charge in [-0.15, -0.1) is 10.2 Å². The summed E-state index contributed by atoms with van der Waals surface area (Å²) in [6.45, 7) is 2.21. The molecule has 174 valence electrons. The minimum atomic E-state index is -0.229. The largest absolute Gasteiger partial charge is 0.497 e. The number of hydrogen-bond acceptors (Lipinski definition) is 6. The zero-order valence-electron chi connectivity index (χ0n) is 19.1. The van der Waals surface area contributed by atoms with Crippen LogP contribution in [0.15, 0.2) is 84.0 Å². The molecule has 0 bridgehead atoms. The van der Waals surface area contributed by atoms with E-state index in [4.69, 9.17) is 9.47 Å². The number of rotatable bonds is 10. The molecule has 0 aliphatic carbocycles. The van der Waals surface area contributed by atoms with Crippen LogP contribution in [0, 0.1) is 6.92 Å². The van der Waals surface area contributed by atoms with E-state index in [1.807, 2.05) is 84.3 Å². The van der Waals surface area contributed by atoms with E-state index in [0.717, 1.165) is 27.7 Å². The zero-order chi connectivity index (χ0) is 23.8. The van der Waals surface area contributed by atoms with Gasteiger partial charge < -0.3 is 14.8 Å². The monoisotopic (exact) mass is 474 g/mol. The maximum absolute atomic E-state index is 12.3. The number of thioether (sulfide) groups is 1. The first-order valence-corrected chi connectivity index (χ1v) is 11.8. The molecular weight excluding hydrogens is 448 g/mol. The second-order valence-electron chi connectivity index (χ2n) is 7.59. The predicted octanol–water partition coefficient (Wildman–Crippen LogP) is 4.57. The normalized spacial score (nSPS) is 10.6. The van der Waals surface area contributed by atoms with Crippen LogP contribution in [-0.2, 0) is 17.1 Å². The fourth-order valence-corrected chi connectivity index (χ4v) is 4.18. The van der Waals surface area contributed by atoms with Gasteiger partial charge in [0.25, 0.3) is 5.91 Å². The van der Waals surface area contributed by atoms with Crippen molar-refractivity contribution in [1.82, 2.24) is 20.1 Å². The highest BCUT2D eigenvalue weighted by Crippen LogP contribution is 2.27. The first kappa shape index (κ1) is 23.4. The number of nitrogens with one attached hydrogen (secondary N) is 1. The Morgan fingerprint density at radius 3 is 2.50 bits per heavy atom. The van der Waals surface area contributed by atoms with Crippen LogP contribution in [0.1, 0.15) is 17.0 Å². The Hall–Kier alpha value is -3.78. The quantitative estimate of drug-likeness (QED) is 0.339. The standard InChI is InChI=1S/C26H26N4O3S/c1-19-11-13-21(14-12-19)30-24(16-27-25(31)17-33-22-8-4-3-5-9-22)28-29-26(30)34-18-20-7-6-10-23(15-20)32-2/h3-15H,16-18H2,1-2H3,(H,27,31). The van der Waals surface area contributed by atoms with Crippen LogP contribution < -0.4 is 14.8 Å². The summed E-state index contributed by atoms with van der Waals surface area (Å²) in [6.07, 6.45) is 0. The SMILES string of the molecule is COc1cccc(CSc2nnc(CNC(=O)COc3ccccc3)n2-c2ccc(C)cc2)c1. The van der Waals surface area contributed by atoms with Gasteiger partial charge in [-0.3, -0.25) is 9.36 Å². The minimum Gasteiger partial charge on any atom is -0.497 e. The zero-order valence-corrected chi connectivity index (χ0v) is 19.9. The number of methoxy groups -OCH3 is 1. The summed E-state index contributed by atoms with van der Waals surface area (Å²) in [5.74, 6) is 2.59. The fourth-order valence-electron chi connectivity index (χ4n) is 3.27. The van der Waals surface area contributed by atoms with Gasteiger partial charge in [-0.05, 0) is 48.9 Å². The molecule has 0 saturated carbocycles. The van der Waals surface area contributed by atoms with Crippen molar-refractivity contribution in [3.05, 3.63) is 95.8 Å². The van der Waals surface area contributed by atoms with Gasteiger partial charge in [0.2, 0.25) is 0 Å².